The number of rotatable bonds is 2. The SMILES string of the molecule is Cc1cc2[nH]nc(-c3cnn(C)c3)c2nc1-c1cccc2c1C[C@H](F)[C@@H]2O. The number of aromatic nitrogens is 5. The number of aliphatic hydroxyl groups excluding tert-OH is 1. The van der Waals surface area contributed by atoms with Crippen LogP contribution in [0.15, 0.2) is 36.7 Å². The zero-order valence-corrected chi connectivity index (χ0v) is 14.9. The molecular weight excluding hydrogens is 345 g/mol. The van der Waals surface area contributed by atoms with Crippen molar-refractivity contribution in [1.29, 1.82) is 0 Å². The van der Waals surface area contributed by atoms with Crippen molar-refractivity contribution in [2.75, 3.05) is 0 Å². The number of fused-ring (bicyclic) bond motifs is 2. The quantitative estimate of drug-likeness (QED) is 0.573. The number of halogens is 1. The minimum absolute atomic E-state index is 0.201. The fourth-order valence-corrected chi connectivity index (χ4v) is 3.90. The highest BCUT2D eigenvalue weighted by Crippen LogP contribution is 2.40. The first kappa shape index (κ1) is 16.1. The van der Waals surface area contributed by atoms with Gasteiger partial charge in [0.15, 0.2) is 0 Å². The molecular formula is C20H18FN5O. The van der Waals surface area contributed by atoms with Crippen molar-refractivity contribution in [2.24, 2.45) is 7.05 Å². The summed E-state index contributed by atoms with van der Waals surface area (Å²) in [4.78, 5) is 4.88. The summed E-state index contributed by atoms with van der Waals surface area (Å²) in [5.74, 6) is 0. The first-order valence-electron chi connectivity index (χ1n) is 8.82. The summed E-state index contributed by atoms with van der Waals surface area (Å²) in [7, 11) is 1.85. The number of pyridine rings is 1. The maximum atomic E-state index is 14.1. The van der Waals surface area contributed by atoms with Crippen molar-refractivity contribution in [3.63, 3.8) is 0 Å². The molecule has 5 rings (SSSR count). The van der Waals surface area contributed by atoms with Crippen LogP contribution in [0.1, 0.15) is 22.8 Å². The molecule has 0 radical (unpaired) electrons. The molecule has 4 aromatic rings. The number of aromatic amines is 1. The Hall–Kier alpha value is -3.06. The monoisotopic (exact) mass is 363 g/mol. The lowest BCUT2D eigenvalue weighted by molar-refractivity contribution is 0.0926. The Labute approximate surface area is 154 Å². The summed E-state index contributed by atoms with van der Waals surface area (Å²) in [6.45, 7) is 1.98. The van der Waals surface area contributed by atoms with Crippen molar-refractivity contribution < 1.29 is 9.50 Å². The lowest BCUT2D eigenvalue weighted by atomic mass is 9.97. The van der Waals surface area contributed by atoms with Crippen molar-refractivity contribution in [3.05, 3.63) is 53.3 Å². The zero-order valence-electron chi connectivity index (χ0n) is 14.9. The normalized spacial score (nSPS) is 19.0. The second-order valence-corrected chi connectivity index (χ2v) is 7.06. The maximum Gasteiger partial charge on any atom is 0.134 e. The minimum atomic E-state index is -1.27. The van der Waals surface area contributed by atoms with E-state index in [4.69, 9.17) is 4.98 Å². The van der Waals surface area contributed by atoms with Crippen LogP contribution in [0.2, 0.25) is 0 Å². The van der Waals surface area contributed by atoms with Crippen molar-refractivity contribution >= 4 is 11.0 Å². The molecule has 0 fully saturated rings. The molecule has 7 heteroatoms. The third-order valence-electron chi connectivity index (χ3n) is 5.23. The highest BCUT2D eigenvalue weighted by atomic mass is 19.1. The van der Waals surface area contributed by atoms with Crippen LogP contribution in [0.3, 0.4) is 0 Å². The Kier molecular flexibility index (Phi) is 3.42. The molecule has 2 atom stereocenters. The van der Waals surface area contributed by atoms with Gasteiger partial charge in [-0.2, -0.15) is 10.2 Å². The van der Waals surface area contributed by atoms with E-state index in [-0.39, 0.29) is 6.42 Å². The van der Waals surface area contributed by atoms with E-state index in [9.17, 15) is 9.50 Å². The van der Waals surface area contributed by atoms with Crippen molar-refractivity contribution in [3.8, 4) is 22.5 Å². The number of nitrogens with zero attached hydrogens (tertiary/aromatic N) is 4. The highest BCUT2D eigenvalue weighted by Gasteiger charge is 2.33. The molecule has 0 amide bonds. The molecule has 136 valence electrons. The molecule has 27 heavy (non-hydrogen) atoms. The number of H-pyrrole nitrogens is 1. The molecule has 1 aromatic carbocycles. The number of hydrogen-bond acceptors (Lipinski definition) is 4. The summed E-state index contributed by atoms with van der Waals surface area (Å²) in [5, 5.41) is 21.8. The van der Waals surface area contributed by atoms with Crippen LogP contribution in [-0.2, 0) is 13.5 Å². The first-order chi connectivity index (χ1) is 13.0. The lowest BCUT2D eigenvalue weighted by Gasteiger charge is -2.11. The number of aryl methyl sites for hydroxylation is 2. The number of benzene rings is 1. The Morgan fingerprint density at radius 2 is 2.15 bits per heavy atom. The topological polar surface area (TPSA) is 79.6 Å². The molecule has 0 unspecified atom stereocenters. The van der Waals surface area contributed by atoms with E-state index >= 15 is 0 Å². The summed E-state index contributed by atoms with van der Waals surface area (Å²) < 4.78 is 15.8. The van der Waals surface area contributed by atoms with Gasteiger partial charge in [-0.05, 0) is 29.7 Å². The van der Waals surface area contributed by atoms with Gasteiger partial charge in [0.1, 0.15) is 23.5 Å². The van der Waals surface area contributed by atoms with Crippen LogP contribution in [0.25, 0.3) is 33.5 Å². The largest absolute Gasteiger partial charge is 0.385 e. The Bertz CT molecular complexity index is 1180. The molecule has 2 N–H and O–H groups in total. The fraction of sp³-hybridized carbons (Fsp3) is 0.250. The van der Waals surface area contributed by atoms with Gasteiger partial charge in [0.25, 0.3) is 0 Å². The summed E-state index contributed by atoms with van der Waals surface area (Å²) >= 11 is 0. The molecule has 0 saturated heterocycles. The average Bonchev–Trinajstić information content (AvgIpc) is 3.33. The van der Waals surface area contributed by atoms with Crippen LogP contribution in [0, 0.1) is 6.92 Å². The molecule has 0 saturated carbocycles. The van der Waals surface area contributed by atoms with E-state index < -0.39 is 12.3 Å². The van der Waals surface area contributed by atoms with Crippen LogP contribution in [0.4, 0.5) is 4.39 Å². The molecule has 6 nitrogen and oxygen atoms in total. The third kappa shape index (κ3) is 2.39. The molecule has 3 heterocycles. The maximum absolute atomic E-state index is 14.1. The molecule has 3 aromatic heterocycles. The molecule has 0 aliphatic heterocycles. The standard InChI is InChI=1S/C20H18FN5O/c1-10-6-16-19(18(25-24-16)11-8-22-26(2)9-11)23-17(10)12-4-3-5-13-14(12)7-15(21)20(13)27/h3-6,8-9,15,20,27H,7H2,1-2H3,(H,24,25)/t15-,20+/m0/s1. The van der Waals surface area contributed by atoms with Gasteiger partial charge in [0, 0.05) is 30.8 Å². The Morgan fingerprint density at radius 1 is 1.30 bits per heavy atom. The first-order valence-corrected chi connectivity index (χ1v) is 8.82. The van der Waals surface area contributed by atoms with Gasteiger partial charge in [-0.15, -0.1) is 0 Å². The fourth-order valence-electron chi connectivity index (χ4n) is 3.90. The predicted octanol–water partition coefficient (Wildman–Crippen LogP) is 3.26. The van der Waals surface area contributed by atoms with E-state index in [1.165, 1.54) is 0 Å². The van der Waals surface area contributed by atoms with E-state index in [1.807, 2.05) is 38.4 Å². The number of aliphatic hydroxyl groups is 1. The lowest BCUT2D eigenvalue weighted by Crippen LogP contribution is -2.05. The van der Waals surface area contributed by atoms with Gasteiger partial charge in [-0.25, -0.2) is 9.37 Å². The van der Waals surface area contributed by atoms with Gasteiger partial charge < -0.3 is 5.11 Å². The Morgan fingerprint density at radius 3 is 2.93 bits per heavy atom. The van der Waals surface area contributed by atoms with Crippen LogP contribution in [-0.4, -0.2) is 36.2 Å². The number of alkyl halides is 1. The Balaban J connectivity index is 1.73. The van der Waals surface area contributed by atoms with Crippen molar-refractivity contribution in [1.82, 2.24) is 25.0 Å². The number of nitrogens with one attached hydrogen (secondary N) is 1. The summed E-state index contributed by atoms with van der Waals surface area (Å²) in [6, 6.07) is 7.57. The van der Waals surface area contributed by atoms with Gasteiger partial charge in [-0.1, -0.05) is 18.2 Å². The van der Waals surface area contributed by atoms with Crippen LogP contribution < -0.4 is 0 Å². The van der Waals surface area contributed by atoms with Crippen LogP contribution >= 0.6 is 0 Å². The number of hydrogen-bond donors (Lipinski definition) is 2. The second-order valence-electron chi connectivity index (χ2n) is 7.06. The van der Waals surface area contributed by atoms with Gasteiger partial charge in [-0.3, -0.25) is 9.78 Å². The van der Waals surface area contributed by atoms with Crippen LogP contribution in [0.5, 0.6) is 0 Å². The van der Waals surface area contributed by atoms with E-state index in [1.54, 1.807) is 16.9 Å². The van der Waals surface area contributed by atoms with E-state index in [0.717, 1.165) is 44.7 Å². The zero-order chi connectivity index (χ0) is 18.7. The average molecular weight is 363 g/mol. The van der Waals surface area contributed by atoms with Gasteiger partial charge in [0.05, 0.1) is 17.4 Å². The summed E-state index contributed by atoms with van der Waals surface area (Å²) in [5.41, 5.74) is 7.30. The minimum Gasteiger partial charge on any atom is -0.385 e. The predicted molar refractivity (Wildman–Crippen MR) is 99.8 cm³/mol. The van der Waals surface area contributed by atoms with Crippen molar-refractivity contribution in [2.45, 2.75) is 25.6 Å². The summed E-state index contributed by atoms with van der Waals surface area (Å²) in [6.07, 6.45) is 1.50. The molecule has 0 spiro atoms. The second kappa shape index (κ2) is 5.72. The van der Waals surface area contributed by atoms with E-state index in [2.05, 4.69) is 15.3 Å². The molecule has 0 bridgehead atoms. The smallest absolute Gasteiger partial charge is 0.134 e. The third-order valence-corrected chi connectivity index (χ3v) is 5.23. The van der Waals surface area contributed by atoms with E-state index in [0.29, 0.717) is 5.56 Å². The molecule has 1 aliphatic rings. The highest BCUT2D eigenvalue weighted by molar-refractivity contribution is 5.92. The molecule has 1 aliphatic carbocycles. The van der Waals surface area contributed by atoms with Gasteiger partial charge in [0.2, 0.25) is 0 Å². The van der Waals surface area contributed by atoms with Gasteiger partial charge >= 0.3 is 0 Å².